The summed E-state index contributed by atoms with van der Waals surface area (Å²) in [5, 5.41) is 0. The molecule has 1 unspecified atom stereocenters. The van der Waals surface area contributed by atoms with Gasteiger partial charge in [-0.05, 0) is 19.4 Å². The maximum absolute atomic E-state index is 12.5. The molecule has 0 spiro atoms. The van der Waals surface area contributed by atoms with E-state index in [-0.39, 0.29) is 14.7 Å². The number of hydrogen-bond donors (Lipinski definition) is 0. The number of thiazole rings is 1. The van der Waals surface area contributed by atoms with Crippen molar-refractivity contribution in [3.8, 4) is 0 Å². The molecule has 108 valence electrons. The SMILES string of the molecule is Cc1ccc(C(C)N(C)S(=O)(=O)c2cnc(Cl)s2)cc1. The predicted molar refractivity (Wildman–Crippen MR) is 81.7 cm³/mol. The average molecular weight is 331 g/mol. The summed E-state index contributed by atoms with van der Waals surface area (Å²) in [6.45, 7) is 3.85. The Morgan fingerprint density at radius 1 is 1.30 bits per heavy atom. The Hall–Kier alpha value is -0.950. The second kappa shape index (κ2) is 5.81. The van der Waals surface area contributed by atoms with Crippen molar-refractivity contribution in [1.29, 1.82) is 0 Å². The third-order valence-corrected chi connectivity index (χ3v) is 6.67. The standard InChI is InChI=1S/C13H15ClN2O2S2/c1-9-4-6-11(7-5-9)10(2)16(3)20(17,18)12-8-15-13(14)19-12/h4-8,10H,1-3H3. The first-order chi connectivity index (χ1) is 9.32. The van der Waals surface area contributed by atoms with Crippen LogP contribution in [0.15, 0.2) is 34.7 Å². The van der Waals surface area contributed by atoms with Crippen LogP contribution in [0.1, 0.15) is 24.1 Å². The third kappa shape index (κ3) is 3.03. The molecule has 0 saturated carbocycles. The summed E-state index contributed by atoms with van der Waals surface area (Å²) in [6.07, 6.45) is 1.29. The Labute approximate surface area is 128 Å². The molecule has 0 aliphatic rings. The van der Waals surface area contributed by atoms with Gasteiger partial charge in [0.1, 0.15) is 0 Å². The van der Waals surface area contributed by atoms with Gasteiger partial charge >= 0.3 is 0 Å². The summed E-state index contributed by atoms with van der Waals surface area (Å²) in [4.78, 5) is 3.79. The molecule has 0 aliphatic heterocycles. The zero-order chi connectivity index (χ0) is 14.9. The molecule has 7 heteroatoms. The lowest BCUT2D eigenvalue weighted by Gasteiger charge is -2.23. The highest BCUT2D eigenvalue weighted by Crippen LogP contribution is 2.30. The molecule has 0 aliphatic carbocycles. The number of aromatic nitrogens is 1. The van der Waals surface area contributed by atoms with E-state index in [1.54, 1.807) is 7.05 Å². The molecule has 1 aromatic carbocycles. The molecule has 20 heavy (non-hydrogen) atoms. The van der Waals surface area contributed by atoms with Gasteiger partial charge in [0.05, 0.1) is 6.20 Å². The molecule has 0 saturated heterocycles. The summed E-state index contributed by atoms with van der Waals surface area (Å²) in [5.74, 6) is 0. The zero-order valence-electron chi connectivity index (χ0n) is 11.4. The van der Waals surface area contributed by atoms with Crippen LogP contribution < -0.4 is 0 Å². The Balaban J connectivity index is 2.30. The molecular formula is C13H15ClN2O2S2. The number of rotatable bonds is 4. The summed E-state index contributed by atoms with van der Waals surface area (Å²) in [7, 11) is -2.01. The first kappa shape index (κ1) is 15.4. The highest BCUT2D eigenvalue weighted by Gasteiger charge is 2.28. The second-order valence-corrected chi connectivity index (χ2v) is 8.38. The van der Waals surface area contributed by atoms with Gasteiger partial charge in [-0.2, -0.15) is 4.31 Å². The van der Waals surface area contributed by atoms with Crippen molar-refractivity contribution >= 4 is 33.0 Å². The van der Waals surface area contributed by atoms with Gasteiger partial charge in [0.25, 0.3) is 10.0 Å². The maximum atomic E-state index is 12.5. The van der Waals surface area contributed by atoms with Crippen LogP contribution in [0.3, 0.4) is 0 Å². The molecule has 1 atom stereocenters. The van der Waals surface area contributed by atoms with Crippen LogP contribution in [-0.4, -0.2) is 24.8 Å². The van der Waals surface area contributed by atoms with E-state index in [2.05, 4.69) is 4.98 Å². The van der Waals surface area contributed by atoms with E-state index in [9.17, 15) is 8.42 Å². The van der Waals surface area contributed by atoms with E-state index in [0.29, 0.717) is 0 Å². The average Bonchev–Trinajstić information content (AvgIpc) is 2.85. The van der Waals surface area contributed by atoms with Crippen LogP contribution in [-0.2, 0) is 10.0 Å². The molecule has 1 heterocycles. The highest BCUT2D eigenvalue weighted by atomic mass is 35.5. The van der Waals surface area contributed by atoms with Crippen molar-refractivity contribution in [1.82, 2.24) is 9.29 Å². The topological polar surface area (TPSA) is 50.3 Å². The molecule has 2 rings (SSSR count). The summed E-state index contributed by atoms with van der Waals surface area (Å²) < 4.78 is 26.6. The van der Waals surface area contributed by atoms with Crippen LogP contribution >= 0.6 is 22.9 Å². The number of benzene rings is 1. The van der Waals surface area contributed by atoms with Crippen molar-refractivity contribution in [3.63, 3.8) is 0 Å². The third-order valence-electron chi connectivity index (χ3n) is 3.19. The van der Waals surface area contributed by atoms with Crippen LogP contribution in [0.25, 0.3) is 0 Å². The van der Waals surface area contributed by atoms with Crippen molar-refractivity contribution in [2.24, 2.45) is 0 Å². The normalized spacial score (nSPS) is 13.7. The lowest BCUT2D eigenvalue weighted by atomic mass is 10.1. The van der Waals surface area contributed by atoms with Gasteiger partial charge in [-0.25, -0.2) is 13.4 Å². The monoisotopic (exact) mass is 330 g/mol. The largest absolute Gasteiger partial charge is 0.254 e. The number of halogens is 1. The van der Waals surface area contributed by atoms with Gasteiger partial charge in [-0.3, -0.25) is 0 Å². The fourth-order valence-electron chi connectivity index (χ4n) is 1.76. The summed E-state index contributed by atoms with van der Waals surface area (Å²) >= 11 is 6.67. The summed E-state index contributed by atoms with van der Waals surface area (Å²) in [5.41, 5.74) is 2.08. The van der Waals surface area contributed by atoms with Gasteiger partial charge in [-0.15, -0.1) is 0 Å². The minimum absolute atomic E-state index is 0.156. The molecule has 1 aromatic heterocycles. The van der Waals surface area contributed by atoms with Gasteiger partial charge in [0.2, 0.25) is 0 Å². The molecule has 4 nitrogen and oxygen atoms in total. The highest BCUT2D eigenvalue weighted by molar-refractivity contribution is 7.91. The van der Waals surface area contributed by atoms with E-state index < -0.39 is 10.0 Å². The first-order valence-electron chi connectivity index (χ1n) is 5.98. The number of aryl methyl sites for hydroxylation is 1. The van der Waals surface area contributed by atoms with E-state index in [0.717, 1.165) is 22.5 Å². The number of hydrogen-bond acceptors (Lipinski definition) is 4. The number of sulfonamides is 1. The quantitative estimate of drug-likeness (QED) is 0.862. The Morgan fingerprint density at radius 3 is 2.40 bits per heavy atom. The molecule has 0 N–H and O–H groups in total. The fourth-order valence-corrected chi connectivity index (χ4v) is 4.59. The van der Waals surface area contributed by atoms with E-state index in [1.165, 1.54) is 10.5 Å². The smallest absolute Gasteiger partial charge is 0.232 e. The molecular weight excluding hydrogens is 316 g/mol. The zero-order valence-corrected chi connectivity index (χ0v) is 13.8. The van der Waals surface area contributed by atoms with Crippen molar-refractivity contribution in [2.75, 3.05) is 7.05 Å². The minimum atomic E-state index is -3.57. The summed E-state index contributed by atoms with van der Waals surface area (Å²) in [6, 6.07) is 7.55. The predicted octanol–water partition coefficient (Wildman–Crippen LogP) is 3.49. The van der Waals surface area contributed by atoms with E-state index >= 15 is 0 Å². The first-order valence-corrected chi connectivity index (χ1v) is 8.62. The maximum Gasteiger partial charge on any atom is 0.254 e. The lowest BCUT2D eigenvalue weighted by molar-refractivity contribution is 0.399. The molecule has 2 aromatic rings. The van der Waals surface area contributed by atoms with Crippen molar-refractivity contribution in [3.05, 3.63) is 46.1 Å². The van der Waals surface area contributed by atoms with Crippen LogP contribution in [0.2, 0.25) is 4.47 Å². The lowest BCUT2D eigenvalue weighted by Crippen LogP contribution is -2.29. The van der Waals surface area contributed by atoms with E-state index in [4.69, 9.17) is 11.6 Å². The molecule has 0 fully saturated rings. The number of nitrogens with zero attached hydrogens (tertiary/aromatic N) is 2. The van der Waals surface area contributed by atoms with Gasteiger partial charge in [-0.1, -0.05) is 52.8 Å². The Bertz CT molecular complexity index is 695. The molecule has 0 amide bonds. The van der Waals surface area contributed by atoms with Crippen LogP contribution in [0.5, 0.6) is 0 Å². The second-order valence-electron chi connectivity index (χ2n) is 4.54. The van der Waals surface area contributed by atoms with Crippen molar-refractivity contribution < 1.29 is 8.42 Å². The van der Waals surface area contributed by atoms with Gasteiger partial charge < -0.3 is 0 Å². The Morgan fingerprint density at radius 2 is 1.90 bits per heavy atom. The van der Waals surface area contributed by atoms with Gasteiger partial charge in [0, 0.05) is 13.1 Å². The molecule has 0 bridgehead atoms. The van der Waals surface area contributed by atoms with Gasteiger partial charge in [0.15, 0.2) is 8.68 Å². The minimum Gasteiger partial charge on any atom is -0.232 e. The fraction of sp³-hybridized carbons (Fsp3) is 0.308. The van der Waals surface area contributed by atoms with Crippen molar-refractivity contribution in [2.45, 2.75) is 24.1 Å². The Kier molecular flexibility index (Phi) is 4.49. The van der Waals surface area contributed by atoms with Crippen LogP contribution in [0, 0.1) is 6.92 Å². The van der Waals surface area contributed by atoms with Crippen LogP contribution in [0.4, 0.5) is 0 Å². The van der Waals surface area contributed by atoms with E-state index in [1.807, 2.05) is 38.1 Å². The molecule has 0 radical (unpaired) electrons.